The van der Waals surface area contributed by atoms with E-state index in [1.165, 1.54) is 31.5 Å². The van der Waals surface area contributed by atoms with E-state index in [9.17, 15) is 13.2 Å². The van der Waals surface area contributed by atoms with Crippen LogP contribution in [-0.2, 0) is 21.2 Å². The van der Waals surface area contributed by atoms with Crippen molar-refractivity contribution in [2.45, 2.75) is 18.2 Å². The summed E-state index contributed by atoms with van der Waals surface area (Å²) in [5, 5.41) is 9.05. The van der Waals surface area contributed by atoms with Gasteiger partial charge in [0.2, 0.25) is 0 Å². The molecule has 1 heterocycles. The van der Waals surface area contributed by atoms with E-state index in [1.54, 1.807) is 12.1 Å². The Balaban J connectivity index is 2.60. The number of ether oxygens (including phenoxy) is 1. The summed E-state index contributed by atoms with van der Waals surface area (Å²) in [6.45, 7) is 1.66. The lowest BCUT2D eigenvalue weighted by Gasteiger charge is -2.11. The van der Waals surface area contributed by atoms with Gasteiger partial charge in [-0.25, -0.2) is 17.2 Å². The number of hydrogen-bond acceptors (Lipinski definition) is 5. The molecule has 0 bridgehead atoms. The molecule has 0 fully saturated rings. The van der Waals surface area contributed by atoms with E-state index in [0.717, 1.165) is 9.54 Å². The monoisotopic (exact) mass is 323 g/mol. The van der Waals surface area contributed by atoms with Crippen LogP contribution in [0.25, 0.3) is 0 Å². The second kappa shape index (κ2) is 6.33. The summed E-state index contributed by atoms with van der Waals surface area (Å²) in [6.07, 6.45) is 1.47. The van der Waals surface area contributed by atoms with Gasteiger partial charge in [-0.2, -0.15) is 0 Å². The summed E-state index contributed by atoms with van der Waals surface area (Å²) in [6, 6.07) is 7.83. The van der Waals surface area contributed by atoms with Gasteiger partial charge < -0.3 is 9.84 Å². The number of benzene rings is 1. The Hall–Kier alpha value is -2.12. The minimum Gasteiger partial charge on any atom is -0.464 e. The molecule has 2 rings (SSSR count). The molecule has 0 saturated heterocycles. The first-order valence-corrected chi connectivity index (χ1v) is 8.07. The molecule has 7 heteroatoms. The smallest absolute Gasteiger partial charge is 0.356 e. The average Bonchev–Trinajstić information content (AvgIpc) is 2.92. The molecule has 0 saturated carbocycles. The van der Waals surface area contributed by atoms with Crippen LogP contribution in [-0.4, -0.2) is 37.2 Å². The Morgan fingerprint density at radius 1 is 1.23 bits per heavy atom. The first-order valence-electron chi connectivity index (χ1n) is 6.63. The maximum Gasteiger partial charge on any atom is 0.356 e. The molecule has 22 heavy (non-hydrogen) atoms. The molecule has 1 aromatic heterocycles. The lowest BCUT2D eigenvalue weighted by molar-refractivity contribution is 0.0591. The first-order chi connectivity index (χ1) is 10.4. The summed E-state index contributed by atoms with van der Waals surface area (Å²) in [5.74, 6) is -0.760. The van der Waals surface area contributed by atoms with Gasteiger partial charge >= 0.3 is 5.97 Å². The Morgan fingerprint density at radius 2 is 1.86 bits per heavy atom. The maximum absolute atomic E-state index is 12.7. The quantitative estimate of drug-likeness (QED) is 0.840. The number of carbonyl (C=O) groups is 1. The van der Waals surface area contributed by atoms with E-state index in [2.05, 4.69) is 4.74 Å². The van der Waals surface area contributed by atoms with Gasteiger partial charge in [-0.3, -0.25) is 0 Å². The Labute approximate surface area is 129 Å². The highest BCUT2D eigenvalue weighted by molar-refractivity contribution is 7.90. The van der Waals surface area contributed by atoms with Crippen LogP contribution >= 0.6 is 0 Å². The third kappa shape index (κ3) is 2.90. The van der Waals surface area contributed by atoms with E-state index >= 15 is 0 Å². The van der Waals surface area contributed by atoms with E-state index in [0.29, 0.717) is 5.56 Å². The van der Waals surface area contributed by atoms with E-state index in [-0.39, 0.29) is 23.6 Å². The first kappa shape index (κ1) is 16.3. The number of rotatable bonds is 5. The van der Waals surface area contributed by atoms with Crippen molar-refractivity contribution in [1.82, 2.24) is 3.97 Å². The Kier molecular flexibility index (Phi) is 4.68. The van der Waals surface area contributed by atoms with Crippen molar-refractivity contribution in [2.75, 3.05) is 13.7 Å². The second-order valence-corrected chi connectivity index (χ2v) is 6.58. The number of aryl methyl sites for hydroxylation is 1. The van der Waals surface area contributed by atoms with Gasteiger partial charge in [0.15, 0.2) is 0 Å². The predicted molar refractivity (Wildman–Crippen MR) is 80.3 cm³/mol. The summed E-state index contributed by atoms with van der Waals surface area (Å²) in [4.78, 5) is 12.0. The third-order valence-corrected chi connectivity index (χ3v) is 4.96. The van der Waals surface area contributed by atoms with E-state index < -0.39 is 16.0 Å². The minimum atomic E-state index is -3.90. The summed E-state index contributed by atoms with van der Waals surface area (Å²) in [5.41, 5.74) is 1.27. The fourth-order valence-corrected chi connectivity index (χ4v) is 3.48. The van der Waals surface area contributed by atoms with E-state index in [1.807, 2.05) is 6.92 Å². The number of hydrogen-bond donors (Lipinski definition) is 1. The number of esters is 1. The molecule has 2 aromatic rings. The molecular formula is C15H17NO5S. The predicted octanol–water partition coefficient (Wildman–Crippen LogP) is 1.35. The van der Waals surface area contributed by atoms with Gasteiger partial charge in [0.25, 0.3) is 10.0 Å². The topological polar surface area (TPSA) is 85.6 Å². The van der Waals surface area contributed by atoms with E-state index in [4.69, 9.17) is 5.11 Å². The van der Waals surface area contributed by atoms with Gasteiger partial charge in [0.05, 0.1) is 12.0 Å². The van der Waals surface area contributed by atoms with Crippen LogP contribution in [0.1, 0.15) is 21.6 Å². The lowest BCUT2D eigenvalue weighted by Crippen LogP contribution is -2.20. The van der Waals surface area contributed by atoms with Crippen molar-refractivity contribution in [1.29, 1.82) is 0 Å². The zero-order chi connectivity index (χ0) is 16.3. The molecular weight excluding hydrogens is 306 g/mol. The molecule has 0 atom stereocenters. The summed E-state index contributed by atoms with van der Waals surface area (Å²) >= 11 is 0. The van der Waals surface area contributed by atoms with Crippen LogP contribution in [0.2, 0.25) is 0 Å². The SMILES string of the molecule is COC(=O)c1c(CCO)ccn1S(=O)(=O)c1ccc(C)cc1. The standard InChI is InChI=1S/C15H17NO5S/c1-11-3-5-13(6-4-11)22(19,20)16-9-7-12(8-10-17)14(16)15(18)21-2/h3-7,9,17H,8,10H2,1-2H3. The largest absolute Gasteiger partial charge is 0.464 e. The minimum absolute atomic E-state index is 0.0781. The van der Waals surface area contributed by atoms with Gasteiger partial charge in [-0.15, -0.1) is 0 Å². The summed E-state index contributed by atoms with van der Waals surface area (Å²) in [7, 11) is -2.72. The van der Waals surface area contributed by atoms with Crippen molar-refractivity contribution in [3.8, 4) is 0 Å². The second-order valence-electron chi connectivity index (χ2n) is 4.77. The molecule has 0 radical (unpaired) electrons. The summed E-state index contributed by atoms with van der Waals surface area (Å²) < 4.78 is 31.0. The van der Waals surface area contributed by atoms with Gasteiger partial charge in [0.1, 0.15) is 5.69 Å². The van der Waals surface area contributed by atoms with Crippen molar-refractivity contribution in [3.05, 3.63) is 53.3 Å². The fraction of sp³-hybridized carbons (Fsp3) is 0.267. The molecule has 0 aliphatic rings. The molecule has 0 amide bonds. The van der Waals surface area contributed by atoms with Crippen molar-refractivity contribution in [3.63, 3.8) is 0 Å². The van der Waals surface area contributed by atoms with Crippen molar-refractivity contribution >= 4 is 16.0 Å². The number of carbonyl (C=O) groups excluding carboxylic acids is 1. The zero-order valence-electron chi connectivity index (χ0n) is 12.3. The average molecular weight is 323 g/mol. The normalized spacial score (nSPS) is 11.4. The van der Waals surface area contributed by atoms with Gasteiger partial charge in [0, 0.05) is 12.8 Å². The lowest BCUT2D eigenvalue weighted by atomic mass is 10.2. The fourth-order valence-electron chi connectivity index (χ4n) is 2.12. The van der Waals surface area contributed by atoms with Crippen molar-refractivity contribution < 1.29 is 23.1 Å². The molecule has 0 spiro atoms. The Bertz CT molecular complexity index is 775. The van der Waals surface area contributed by atoms with Crippen LogP contribution in [0.4, 0.5) is 0 Å². The maximum atomic E-state index is 12.7. The van der Waals surface area contributed by atoms with Crippen LogP contribution in [0.15, 0.2) is 41.4 Å². The molecule has 0 aliphatic carbocycles. The molecule has 0 aliphatic heterocycles. The third-order valence-electron chi connectivity index (χ3n) is 3.27. The van der Waals surface area contributed by atoms with Gasteiger partial charge in [-0.1, -0.05) is 17.7 Å². The number of methoxy groups -OCH3 is 1. The highest BCUT2D eigenvalue weighted by atomic mass is 32.2. The van der Waals surface area contributed by atoms with Crippen LogP contribution in [0, 0.1) is 6.92 Å². The highest BCUT2D eigenvalue weighted by Gasteiger charge is 2.26. The van der Waals surface area contributed by atoms with Crippen LogP contribution in [0.3, 0.4) is 0 Å². The highest BCUT2D eigenvalue weighted by Crippen LogP contribution is 2.21. The van der Waals surface area contributed by atoms with Gasteiger partial charge in [-0.05, 0) is 37.1 Å². The number of aliphatic hydroxyl groups is 1. The number of aromatic nitrogens is 1. The van der Waals surface area contributed by atoms with Crippen LogP contribution in [0.5, 0.6) is 0 Å². The molecule has 0 unspecified atom stereocenters. The molecule has 1 N–H and O–H groups in total. The van der Waals surface area contributed by atoms with Crippen LogP contribution < -0.4 is 0 Å². The number of nitrogens with zero attached hydrogens (tertiary/aromatic N) is 1. The molecule has 6 nitrogen and oxygen atoms in total. The number of aliphatic hydroxyl groups excluding tert-OH is 1. The van der Waals surface area contributed by atoms with Crippen molar-refractivity contribution in [2.24, 2.45) is 0 Å². The Morgan fingerprint density at radius 3 is 2.41 bits per heavy atom. The molecule has 1 aromatic carbocycles. The zero-order valence-corrected chi connectivity index (χ0v) is 13.1. The molecule has 118 valence electrons.